The Labute approximate surface area is 80.3 Å². The van der Waals surface area contributed by atoms with Crippen LogP contribution in [0.25, 0.3) is 0 Å². The van der Waals surface area contributed by atoms with Crippen LogP contribution in [0.4, 0.5) is 0 Å². The Morgan fingerprint density at radius 3 is 2.92 bits per heavy atom. The molecule has 1 heterocycles. The Balaban J connectivity index is 2.91. The fraction of sp³-hybridized carbons (Fsp3) is 0.500. The van der Waals surface area contributed by atoms with E-state index in [4.69, 9.17) is 4.74 Å². The third-order valence-corrected chi connectivity index (χ3v) is 2.13. The minimum Gasteiger partial charge on any atom is -0.378 e. The molecule has 0 fully saturated rings. The summed E-state index contributed by atoms with van der Waals surface area (Å²) in [5.74, 6) is 0.852. The molecule has 66 valence electrons. The van der Waals surface area contributed by atoms with E-state index in [9.17, 15) is 0 Å². The quantitative estimate of drug-likeness (QED) is 0.797. The highest BCUT2D eigenvalue weighted by molar-refractivity contribution is 9.10. The van der Waals surface area contributed by atoms with Gasteiger partial charge in [0.05, 0.1) is 16.8 Å². The van der Waals surface area contributed by atoms with E-state index in [0.29, 0.717) is 6.61 Å². The fourth-order valence-corrected chi connectivity index (χ4v) is 1.16. The van der Waals surface area contributed by atoms with Crippen molar-refractivity contribution in [3.05, 3.63) is 22.2 Å². The van der Waals surface area contributed by atoms with Crippen LogP contribution in [-0.2, 0) is 17.8 Å². The summed E-state index contributed by atoms with van der Waals surface area (Å²) in [5.41, 5.74) is 0.907. The molecule has 0 aromatic carbocycles. The lowest BCUT2D eigenvalue weighted by Gasteiger charge is -2.03. The van der Waals surface area contributed by atoms with Crippen LogP contribution in [0.1, 0.15) is 18.4 Å². The zero-order valence-electron chi connectivity index (χ0n) is 7.17. The van der Waals surface area contributed by atoms with E-state index in [1.807, 2.05) is 6.92 Å². The Hall–Kier alpha value is -0.480. The van der Waals surface area contributed by atoms with Crippen LogP contribution in [0.5, 0.6) is 0 Å². The zero-order chi connectivity index (χ0) is 8.97. The molecular weight excluding hydrogens is 220 g/mol. The van der Waals surface area contributed by atoms with Gasteiger partial charge in [0.1, 0.15) is 5.82 Å². The van der Waals surface area contributed by atoms with Gasteiger partial charge < -0.3 is 4.74 Å². The normalized spacial score (nSPS) is 10.2. The van der Waals surface area contributed by atoms with Crippen molar-refractivity contribution in [1.82, 2.24) is 9.97 Å². The first-order chi connectivity index (χ1) is 5.77. The van der Waals surface area contributed by atoms with Crippen LogP contribution in [0.3, 0.4) is 0 Å². The average Bonchev–Trinajstić information content (AvgIpc) is 2.09. The first-order valence-corrected chi connectivity index (χ1v) is 4.56. The van der Waals surface area contributed by atoms with Crippen LogP contribution in [0, 0.1) is 0 Å². The Kier molecular flexibility index (Phi) is 3.62. The Morgan fingerprint density at radius 1 is 1.58 bits per heavy atom. The monoisotopic (exact) mass is 230 g/mol. The third-order valence-electron chi connectivity index (χ3n) is 1.46. The van der Waals surface area contributed by atoms with Gasteiger partial charge in [-0.05, 0) is 15.9 Å². The van der Waals surface area contributed by atoms with Crippen molar-refractivity contribution in [1.29, 1.82) is 0 Å². The highest BCUT2D eigenvalue weighted by Gasteiger charge is 2.02. The van der Waals surface area contributed by atoms with Gasteiger partial charge in [-0.3, -0.25) is 0 Å². The molecular formula is C8H11BrN2O. The summed E-state index contributed by atoms with van der Waals surface area (Å²) in [6, 6.07) is 0. The van der Waals surface area contributed by atoms with Gasteiger partial charge in [0.25, 0.3) is 0 Å². The smallest absolute Gasteiger partial charge is 0.128 e. The molecule has 0 spiro atoms. The topological polar surface area (TPSA) is 35.0 Å². The van der Waals surface area contributed by atoms with Crippen molar-refractivity contribution < 1.29 is 4.74 Å². The molecule has 0 radical (unpaired) electrons. The molecule has 12 heavy (non-hydrogen) atoms. The van der Waals surface area contributed by atoms with Crippen molar-refractivity contribution >= 4 is 15.9 Å². The maximum Gasteiger partial charge on any atom is 0.128 e. The number of hydrogen-bond donors (Lipinski definition) is 0. The van der Waals surface area contributed by atoms with Gasteiger partial charge in [-0.15, -0.1) is 0 Å². The van der Waals surface area contributed by atoms with Gasteiger partial charge in [-0.1, -0.05) is 6.92 Å². The first-order valence-electron chi connectivity index (χ1n) is 3.77. The molecule has 0 aliphatic heterocycles. The van der Waals surface area contributed by atoms with Gasteiger partial charge >= 0.3 is 0 Å². The minimum absolute atomic E-state index is 0.524. The number of ether oxygens (including phenoxy) is 1. The molecule has 0 saturated heterocycles. The van der Waals surface area contributed by atoms with E-state index < -0.39 is 0 Å². The van der Waals surface area contributed by atoms with Crippen LogP contribution < -0.4 is 0 Å². The molecule has 3 nitrogen and oxygen atoms in total. The highest BCUT2D eigenvalue weighted by Crippen LogP contribution is 2.13. The van der Waals surface area contributed by atoms with Crippen LogP contribution in [-0.4, -0.2) is 17.1 Å². The standard InChI is InChI=1S/C8H11BrN2O/c1-3-8-10-4-6(9)7(11-8)5-12-2/h4H,3,5H2,1-2H3. The fourth-order valence-electron chi connectivity index (χ4n) is 0.852. The van der Waals surface area contributed by atoms with E-state index in [2.05, 4.69) is 25.9 Å². The van der Waals surface area contributed by atoms with Crippen molar-refractivity contribution in [3.63, 3.8) is 0 Å². The summed E-state index contributed by atoms with van der Waals surface area (Å²) in [6.07, 6.45) is 2.62. The van der Waals surface area contributed by atoms with Crippen molar-refractivity contribution in [2.24, 2.45) is 0 Å². The van der Waals surface area contributed by atoms with Gasteiger partial charge in [-0.2, -0.15) is 0 Å². The molecule has 0 unspecified atom stereocenters. The number of rotatable bonds is 3. The summed E-state index contributed by atoms with van der Waals surface area (Å²) in [6.45, 7) is 2.55. The van der Waals surface area contributed by atoms with Crippen LogP contribution in [0.15, 0.2) is 10.7 Å². The third kappa shape index (κ3) is 2.25. The van der Waals surface area contributed by atoms with Crippen molar-refractivity contribution in [3.8, 4) is 0 Å². The maximum atomic E-state index is 4.99. The number of hydrogen-bond acceptors (Lipinski definition) is 3. The lowest BCUT2D eigenvalue weighted by molar-refractivity contribution is 0.180. The summed E-state index contributed by atoms with van der Waals surface area (Å²) in [7, 11) is 1.65. The largest absolute Gasteiger partial charge is 0.378 e. The predicted molar refractivity (Wildman–Crippen MR) is 49.8 cm³/mol. The average molecular weight is 231 g/mol. The number of halogens is 1. The number of aromatic nitrogens is 2. The number of aryl methyl sites for hydroxylation is 1. The van der Waals surface area contributed by atoms with E-state index in [0.717, 1.165) is 22.4 Å². The second-order valence-electron chi connectivity index (χ2n) is 2.37. The van der Waals surface area contributed by atoms with Gasteiger partial charge in [0.15, 0.2) is 0 Å². The molecule has 0 atom stereocenters. The van der Waals surface area contributed by atoms with E-state index in [1.54, 1.807) is 13.3 Å². The van der Waals surface area contributed by atoms with Crippen molar-refractivity contribution in [2.75, 3.05) is 7.11 Å². The molecule has 0 saturated carbocycles. The first kappa shape index (κ1) is 9.61. The predicted octanol–water partition coefficient (Wildman–Crippen LogP) is 1.95. The SMILES string of the molecule is CCc1ncc(Br)c(COC)n1. The van der Waals surface area contributed by atoms with Gasteiger partial charge in [0.2, 0.25) is 0 Å². The molecule has 0 aliphatic carbocycles. The molecule has 1 rings (SSSR count). The number of nitrogens with zero attached hydrogens (tertiary/aromatic N) is 2. The zero-order valence-corrected chi connectivity index (χ0v) is 8.76. The molecule has 0 N–H and O–H groups in total. The molecule has 0 bridgehead atoms. The summed E-state index contributed by atoms with van der Waals surface area (Å²) < 4.78 is 5.89. The second-order valence-corrected chi connectivity index (χ2v) is 3.22. The summed E-state index contributed by atoms with van der Waals surface area (Å²) >= 11 is 3.36. The lowest BCUT2D eigenvalue weighted by atomic mass is 10.4. The van der Waals surface area contributed by atoms with Gasteiger partial charge in [0, 0.05) is 19.7 Å². The van der Waals surface area contributed by atoms with Crippen LogP contribution >= 0.6 is 15.9 Å². The minimum atomic E-state index is 0.524. The Bertz CT molecular complexity index is 265. The highest BCUT2D eigenvalue weighted by atomic mass is 79.9. The Morgan fingerprint density at radius 2 is 2.33 bits per heavy atom. The maximum absolute atomic E-state index is 4.99. The van der Waals surface area contributed by atoms with Crippen LogP contribution in [0.2, 0.25) is 0 Å². The van der Waals surface area contributed by atoms with Gasteiger partial charge in [-0.25, -0.2) is 9.97 Å². The molecule has 0 aliphatic rings. The molecule has 4 heteroatoms. The molecule has 1 aromatic heterocycles. The summed E-state index contributed by atoms with van der Waals surface area (Å²) in [5, 5.41) is 0. The molecule has 0 amide bonds. The lowest BCUT2D eigenvalue weighted by Crippen LogP contribution is -2.00. The molecule has 1 aromatic rings. The number of methoxy groups -OCH3 is 1. The van der Waals surface area contributed by atoms with E-state index >= 15 is 0 Å². The van der Waals surface area contributed by atoms with Crippen molar-refractivity contribution in [2.45, 2.75) is 20.0 Å². The second kappa shape index (κ2) is 4.52. The van der Waals surface area contributed by atoms with E-state index in [1.165, 1.54) is 0 Å². The van der Waals surface area contributed by atoms with E-state index in [-0.39, 0.29) is 0 Å². The summed E-state index contributed by atoms with van der Waals surface area (Å²) in [4.78, 5) is 8.42.